The lowest BCUT2D eigenvalue weighted by Gasteiger charge is -2.09. The van der Waals surface area contributed by atoms with Crippen molar-refractivity contribution < 1.29 is 9.53 Å². The van der Waals surface area contributed by atoms with Gasteiger partial charge in [-0.1, -0.05) is 22.0 Å². The molecule has 0 spiro atoms. The highest BCUT2D eigenvalue weighted by molar-refractivity contribution is 9.10. The molecule has 0 unspecified atom stereocenters. The molecule has 0 atom stereocenters. The first kappa shape index (κ1) is 15.1. The van der Waals surface area contributed by atoms with Crippen molar-refractivity contribution >= 4 is 27.6 Å². The average Bonchev–Trinajstić information content (AvgIpc) is 2.53. The third-order valence-corrected chi connectivity index (χ3v) is 3.71. The van der Waals surface area contributed by atoms with Gasteiger partial charge in [-0.15, -0.1) is 0 Å². The van der Waals surface area contributed by atoms with E-state index in [0.717, 1.165) is 15.7 Å². The minimum atomic E-state index is -0.359. The van der Waals surface area contributed by atoms with Gasteiger partial charge in [-0.3, -0.25) is 0 Å². The molecule has 21 heavy (non-hydrogen) atoms. The van der Waals surface area contributed by atoms with Crippen molar-refractivity contribution in [3.05, 3.63) is 63.6 Å². The van der Waals surface area contributed by atoms with E-state index in [0.29, 0.717) is 17.7 Å². The summed E-state index contributed by atoms with van der Waals surface area (Å²) in [7, 11) is 1.36. The monoisotopic (exact) mass is 344 g/mol. The first-order valence-electron chi connectivity index (χ1n) is 6.25. The molecular weight excluding hydrogens is 332 g/mol. The Morgan fingerprint density at radius 1 is 1.29 bits per heavy atom. The summed E-state index contributed by atoms with van der Waals surface area (Å²) in [6.07, 6.45) is 0. The fourth-order valence-corrected chi connectivity index (χ4v) is 2.31. The molecule has 0 bridgehead atoms. The summed E-state index contributed by atoms with van der Waals surface area (Å²) in [4.78, 5) is 11.4. The Hall–Kier alpha value is -2.32. The van der Waals surface area contributed by atoms with Crippen LogP contribution in [-0.4, -0.2) is 13.1 Å². The van der Waals surface area contributed by atoms with E-state index in [1.54, 1.807) is 24.3 Å². The van der Waals surface area contributed by atoms with Crippen molar-refractivity contribution in [3.63, 3.8) is 0 Å². The van der Waals surface area contributed by atoms with Crippen LogP contribution in [0.2, 0.25) is 0 Å². The van der Waals surface area contributed by atoms with Crippen LogP contribution >= 0.6 is 15.9 Å². The summed E-state index contributed by atoms with van der Waals surface area (Å²) in [5.41, 5.74) is 3.08. The summed E-state index contributed by atoms with van der Waals surface area (Å²) < 4.78 is 5.52. The second-order valence-corrected chi connectivity index (χ2v) is 5.19. The van der Waals surface area contributed by atoms with Gasteiger partial charge >= 0.3 is 5.97 Å². The smallest absolute Gasteiger partial charge is 0.337 e. The summed E-state index contributed by atoms with van der Waals surface area (Å²) >= 11 is 3.45. The molecule has 5 heteroatoms. The molecule has 0 saturated carbocycles. The minimum Gasteiger partial charge on any atom is -0.465 e. The molecule has 106 valence electrons. The number of hydrogen-bond acceptors (Lipinski definition) is 4. The van der Waals surface area contributed by atoms with E-state index in [2.05, 4.69) is 32.1 Å². The fraction of sp³-hybridized carbons (Fsp3) is 0.125. The first-order valence-corrected chi connectivity index (χ1v) is 7.04. The molecule has 0 radical (unpaired) electrons. The van der Waals surface area contributed by atoms with Crippen molar-refractivity contribution in [2.45, 2.75) is 6.54 Å². The molecule has 0 aliphatic carbocycles. The second kappa shape index (κ2) is 6.91. The third kappa shape index (κ3) is 3.83. The fourth-order valence-electron chi connectivity index (χ4n) is 1.80. The maximum atomic E-state index is 11.4. The molecule has 0 heterocycles. The number of anilines is 1. The zero-order chi connectivity index (χ0) is 15.2. The van der Waals surface area contributed by atoms with Gasteiger partial charge < -0.3 is 10.1 Å². The van der Waals surface area contributed by atoms with E-state index in [9.17, 15) is 4.79 Å². The van der Waals surface area contributed by atoms with Crippen LogP contribution in [0, 0.1) is 11.3 Å². The van der Waals surface area contributed by atoms with E-state index in [4.69, 9.17) is 5.26 Å². The molecule has 0 fully saturated rings. The van der Waals surface area contributed by atoms with Crippen LogP contribution in [0.3, 0.4) is 0 Å². The molecule has 0 aromatic heterocycles. The van der Waals surface area contributed by atoms with Crippen molar-refractivity contribution in [3.8, 4) is 6.07 Å². The number of carbonyl (C=O) groups is 1. The van der Waals surface area contributed by atoms with Gasteiger partial charge in [0, 0.05) is 16.7 Å². The molecule has 0 amide bonds. The van der Waals surface area contributed by atoms with Crippen LogP contribution in [0.4, 0.5) is 5.69 Å². The minimum absolute atomic E-state index is 0.359. The number of rotatable bonds is 4. The lowest BCUT2D eigenvalue weighted by atomic mass is 10.1. The van der Waals surface area contributed by atoms with Gasteiger partial charge in [0.1, 0.15) is 0 Å². The van der Waals surface area contributed by atoms with E-state index in [1.807, 2.05) is 18.2 Å². The first-order chi connectivity index (χ1) is 10.1. The van der Waals surface area contributed by atoms with Crippen molar-refractivity contribution in [1.82, 2.24) is 0 Å². The molecule has 0 aliphatic rings. The number of halogens is 1. The Morgan fingerprint density at radius 3 is 2.57 bits per heavy atom. The van der Waals surface area contributed by atoms with E-state index < -0.39 is 0 Å². The standard InChI is InChI=1S/C16H13BrN2O2/c1-21-16(20)12-4-5-13(15(17)8-12)10-19-14-6-2-11(9-18)3-7-14/h2-8,19H,10H2,1H3. The van der Waals surface area contributed by atoms with Crippen LogP contribution in [0.25, 0.3) is 0 Å². The molecule has 0 aliphatic heterocycles. The van der Waals surface area contributed by atoms with Gasteiger partial charge in [-0.2, -0.15) is 5.26 Å². The maximum Gasteiger partial charge on any atom is 0.337 e. The van der Waals surface area contributed by atoms with Crippen LogP contribution < -0.4 is 5.32 Å². The van der Waals surface area contributed by atoms with Gasteiger partial charge in [0.25, 0.3) is 0 Å². The highest BCUT2D eigenvalue weighted by atomic mass is 79.9. The Bertz CT molecular complexity index is 690. The van der Waals surface area contributed by atoms with E-state index in [-0.39, 0.29) is 5.97 Å². The number of nitrogens with zero attached hydrogens (tertiary/aromatic N) is 1. The number of carbonyl (C=O) groups excluding carboxylic acids is 1. The normalized spacial score (nSPS) is 9.76. The average molecular weight is 345 g/mol. The Morgan fingerprint density at radius 2 is 2.00 bits per heavy atom. The number of esters is 1. The quantitative estimate of drug-likeness (QED) is 0.858. The highest BCUT2D eigenvalue weighted by Gasteiger charge is 2.08. The SMILES string of the molecule is COC(=O)c1ccc(CNc2ccc(C#N)cc2)c(Br)c1. The highest BCUT2D eigenvalue weighted by Crippen LogP contribution is 2.20. The zero-order valence-electron chi connectivity index (χ0n) is 11.4. The number of nitrogens with one attached hydrogen (secondary N) is 1. The predicted molar refractivity (Wildman–Crippen MR) is 84.0 cm³/mol. The largest absolute Gasteiger partial charge is 0.465 e. The topological polar surface area (TPSA) is 62.1 Å². The van der Waals surface area contributed by atoms with Gasteiger partial charge in [-0.05, 0) is 42.0 Å². The van der Waals surface area contributed by atoms with Gasteiger partial charge in [0.2, 0.25) is 0 Å². The molecular formula is C16H13BrN2O2. The Labute approximate surface area is 131 Å². The molecule has 2 aromatic carbocycles. The number of nitriles is 1. The summed E-state index contributed by atoms with van der Waals surface area (Å²) in [6.45, 7) is 0.605. The van der Waals surface area contributed by atoms with Crippen molar-refractivity contribution in [1.29, 1.82) is 5.26 Å². The lowest BCUT2D eigenvalue weighted by Crippen LogP contribution is -2.04. The van der Waals surface area contributed by atoms with Crippen LogP contribution in [0.1, 0.15) is 21.5 Å². The molecule has 1 N–H and O–H groups in total. The van der Waals surface area contributed by atoms with Gasteiger partial charge in [-0.25, -0.2) is 4.79 Å². The number of hydrogen-bond donors (Lipinski definition) is 1. The molecule has 4 nitrogen and oxygen atoms in total. The van der Waals surface area contributed by atoms with Crippen LogP contribution in [-0.2, 0) is 11.3 Å². The lowest BCUT2D eigenvalue weighted by molar-refractivity contribution is 0.0600. The summed E-state index contributed by atoms with van der Waals surface area (Å²) in [5, 5.41) is 12.0. The van der Waals surface area contributed by atoms with Gasteiger partial charge in [0.15, 0.2) is 0 Å². The zero-order valence-corrected chi connectivity index (χ0v) is 13.0. The Kier molecular flexibility index (Phi) is 4.96. The number of ether oxygens (including phenoxy) is 1. The van der Waals surface area contributed by atoms with Crippen LogP contribution in [0.5, 0.6) is 0 Å². The van der Waals surface area contributed by atoms with Crippen LogP contribution in [0.15, 0.2) is 46.9 Å². The Balaban J connectivity index is 2.06. The number of benzene rings is 2. The van der Waals surface area contributed by atoms with Crippen molar-refractivity contribution in [2.24, 2.45) is 0 Å². The third-order valence-electron chi connectivity index (χ3n) is 2.97. The molecule has 2 aromatic rings. The molecule has 0 saturated heterocycles. The predicted octanol–water partition coefficient (Wildman–Crippen LogP) is 3.72. The second-order valence-electron chi connectivity index (χ2n) is 4.34. The van der Waals surface area contributed by atoms with Crippen molar-refractivity contribution in [2.75, 3.05) is 12.4 Å². The maximum absolute atomic E-state index is 11.4. The van der Waals surface area contributed by atoms with E-state index >= 15 is 0 Å². The summed E-state index contributed by atoms with van der Waals surface area (Å²) in [5.74, 6) is -0.359. The number of methoxy groups -OCH3 is 1. The molecule has 2 rings (SSSR count). The van der Waals surface area contributed by atoms with E-state index in [1.165, 1.54) is 7.11 Å². The summed E-state index contributed by atoms with van der Waals surface area (Å²) in [6, 6.07) is 14.7. The van der Waals surface area contributed by atoms with Gasteiger partial charge in [0.05, 0.1) is 24.3 Å².